The summed E-state index contributed by atoms with van der Waals surface area (Å²) in [7, 11) is 0. The van der Waals surface area contributed by atoms with E-state index in [0.717, 1.165) is 28.6 Å². The van der Waals surface area contributed by atoms with Gasteiger partial charge in [-0.3, -0.25) is 0 Å². The molecule has 2 aromatic carbocycles. The van der Waals surface area contributed by atoms with E-state index in [4.69, 9.17) is 11.6 Å². The molecule has 3 rings (SSSR count). The Morgan fingerprint density at radius 1 is 1.26 bits per heavy atom. The first-order valence-electron chi connectivity index (χ1n) is 7.50. The maximum absolute atomic E-state index is 14.2. The van der Waals surface area contributed by atoms with Crippen molar-refractivity contribution in [2.75, 3.05) is 0 Å². The summed E-state index contributed by atoms with van der Waals surface area (Å²) < 4.78 is 18.6. The molecule has 0 amide bonds. The van der Waals surface area contributed by atoms with Crippen molar-refractivity contribution >= 4 is 44.5 Å². The second-order valence-electron chi connectivity index (χ2n) is 5.39. The van der Waals surface area contributed by atoms with Crippen LogP contribution in [0.15, 0.2) is 48.6 Å². The van der Waals surface area contributed by atoms with Crippen LogP contribution in [0.1, 0.15) is 31.4 Å². The molecule has 118 valence electrons. The molecule has 0 aliphatic carbocycles. The van der Waals surface area contributed by atoms with Gasteiger partial charge in [-0.2, -0.15) is 0 Å². The lowest BCUT2D eigenvalue weighted by Crippen LogP contribution is -1.92. The topological polar surface area (TPSA) is 15.8 Å². The minimum absolute atomic E-state index is 0.255. The van der Waals surface area contributed by atoms with Gasteiger partial charge < -0.3 is 4.37 Å². The first-order valence-corrected chi connectivity index (χ1v) is 8.69. The number of aromatic amines is 1. The zero-order valence-corrected chi connectivity index (χ0v) is 14.6. The van der Waals surface area contributed by atoms with Gasteiger partial charge in [0.25, 0.3) is 0 Å². The summed E-state index contributed by atoms with van der Waals surface area (Å²) >= 11 is 7.66. The van der Waals surface area contributed by atoms with Gasteiger partial charge in [-0.05, 0) is 60.4 Å². The minimum Gasteiger partial charge on any atom is -0.309 e. The van der Waals surface area contributed by atoms with E-state index in [1.807, 2.05) is 6.92 Å². The lowest BCUT2D eigenvalue weighted by atomic mass is 9.94. The van der Waals surface area contributed by atoms with Crippen LogP contribution < -0.4 is 0 Å². The van der Waals surface area contributed by atoms with Gasteiger partial charge in [0.1, 0.15) is 5.82 Å². The zero-order valence-electron chi connectivity index (χ0n) is 13.0. The summed E-state index contributed by atoms with van der Waals surface area (Å²) in [6.45, 7) is 4.02. The van der Waals surface area contributed by atoms with Crippen LogP contribution in [-0.2, 0) is 0 Å². The van der Waals surface area contributed by atoms with E-state index < -0.39 is 0 Å². The highest BCUT2D eigenvalue weighted by molar-refractivity contribution is 7.15. The first kappa shape index (κ1) is 16.0. The van der Waals surface area contributed by atoms with Crippen molar-refractivity contribution < 1.29 is 4.39 Å². The average Bonchev–Trinajstić information content (AvgIpc) is 2.52. The molecular formula is C19H17ClFNS. The summed E-state index contributed by atoms with van der Waals surface area (Å²) in [5, 5.41) is 0.538. The highest BCUT2D eigenvalue weighted by Gasteiger charge is 2.11. The molecule has 1 nitrogen and oxygen atoms in total. The number of allylic oxidation sites excluding steroid dienone is 4. The third kappa shape index (κ3) is 3.26. The van der Waals surface area contributed by atoms with E-state index in [1.165, 1.54) is 10.8 Å². The van der Waals surface area contributed by atoms with Crippen molar-refractivity contribution in [3.05, 3.63) is 70.5 Å². The maximum atomic E-state index is 14.2. The summed E-state index contributed by atoms with van der Waals surface area (Å²) in [6.07, 6.45) is 5.08. The fourth-order valence-electron chi connectivity index (χ4n) is 2.53. The van der Waals surface area contributed by atoms with Crippen LogP contribution in [-0.4, -0.2) is 4.37 Å². The Morgan fingerprint density at radius 2 is 2.09 bits per heavy atom. The number of rotatable bonds is 4. The largest absolute Gasteiger partial charge is 0.309 e. The van der Waals surface area contributed by atoms with E-state index in [9.17, 15) is 4.39 Å². The van der Waals surface area contributed by atoms with Gasteiger partial charge in [0.05, 0.1) is 10.2 Å². The lowest BCUT2D eigenvalue weighted by Gasteiger charge is -2.12. The van der Waals surface area contributed by atoms with E-state index in [1.54, 1.807) is 23.7 Å². The third-order valence-corrected chi connectivity index (χ3v) is 4.93. The molecule has 1 heterocycles. The van der Waals surface area contributed by atoms with Gasteiger partial charge in [-0.25, -0.2) is 4.39 Å². The molecule has 1 aromatic heterocycles. The second kappa shape index (κ2) is 6.73. The number of aromatic nitrogens is 1. The van der Waals surface area contributed by atoms with E-state index in [2.05, 4.69) is 41.6 Å². The second-order valence-corrected chi connectivity index (χ2v) is 6.67. The highest BCUT2D eigenvalue weighted by Crippen LogP contribution is 2.33. The molecule has 0 fully saturated rings. The molecule has 0 saturated carbocycles. The maximum Gasteiger partial charge on any atom is 0.130 e. The molecule has 0 spiro atoms. The Kier molecular flexibility index (Phi) is 4.69. The van der Waals surface area contributed by atoms with Gasteiger partial charge in [0.15, 0.2) is 0 Å². The molecular weight excluding hydrogens is 329 g/mol. The highest BCUT2D eigenvalue weighted by atomic mass is 35.5. The number of halogens is 2. The zero-order chi connectivity index (χ0) is 16.4. The van der Waals surface area contributed by atoms with Crippen molar-refractivity contribution in [3.63, 3.8) is 0 Å². The SMILES string of the molecule is CC/C=C\C(=C(/C)c1cc(Cl)ccc1F)c1ccc2[nH]sc2c1. The molecule has 0 bridgehead atoms. The Morgan fingerprint density at radius 3 is 2.74 bits per heavy atom. The molecule has 4 heteroatoms. The fourth-order valence-corrected chi connectivity index (χ4v) is 3.36. The Balaban J connectivity index is 2.18. The molecule has 0 saturated heterocycles. The molecule has 0 atom stereocenters. The average molecular weight is 346 g/mol. The van der Waals surface area contributed by atoms with Gasteiger partial charge in [-0.1, -0.05) is 48.3 Å². The Hall–Kier alpha value is -1.84. The van der Waals surface area contributed by atoms with Gasteiger partial charge >= 0.3 is 0 Å². The molecule has 0 aliphatic heterocycles. The first-order chi connectivity index (χ1) is 11.1. The standard InChI is InChI=1S/C19H17ClFNS/c1-3-4-5-15(13-6-9-18-19(10-13)23-22-18)12(2)16-11-14(20)7-8-17(16)21/h4-11,22H,3H2,1-2H3/b5-4-,15-12-. The molecule has 0 radical (unpaired) electrons. The number of benzene rings is 2. The summed E-state index contributed by atoms with van der Waals surface area (Å²) in [4.78, 5) is 0. The monoisotopic (exact) mass is 345 g/mol. The predicted molar refractivity (Wildman–Crippen MR) is 99.5 cm³/mol. The number of hydrogen-bond donors (Lipinski definition) is 1. The molecule has 23 heavy (non-hydrogen) atoms. The van der Waals surface area contributed by atoms with Crippen LogP contribution in [0.3, 0.4) is 0 Å². The Labute approximate surface area is 144 Å². The predicted octanol–water partition coefficient (Wildman–Crippen LogP) is 6.92. The van der Waals surface area contributed by atoms with Crippen molar-refractivity contribution in [2.24, 2.45) is 0 Å². The molecule has 3 aromatic rings. The van der Waals surface area contributed by atoms with Crippen LogP contribution in [0.5, 0.6) is 0 Å². The van der Waals surface area contributed by atoms with E-state index in [0.29, 0.717) is 10.6 Å². The Bertz CT molecular complexity index is 901. The quantitative estimate of drug-likeness (QED) is 0.390. The van der Waals surface area contributed by atoms with Crippen molar-refractivity contribution in [1.29, 1.82) is 0 Å². The van der Waals surface area contributed by atoms with E-state index >= 15 is 0 Å². The van der Waals surface area contributed by atoms with E-state index in [-0.39, 0.29) is 5.82 Å². The van der Waals surface area contributed by atoms with Gasteiger partial charge in [-0.15, -0.1) is 0 Å². The van der Waals surface area contributed by atoms with Crippen LogP contribution in [0.2, 0.25) is 5.02 Å². The molecule has 0 unspecified atom stereocenters. The number of nitrogens with one attached hydrogen (secondary N) is 1. The van der Waals surface area contributed by atoms with Gasteiger partial charge in [0.2, 0.25) is 0 Å². The number of H-pyrrole nitrogens is 1. The summed E-state index contributed by atoms with van der Waals surface area (Å²) in [6, 6.07) is 10.9. The molecule has 1 N–H and O–H groups in total. The smallest absolute Gasteiger partial charge is 0.130 e. The van der Waals surface area contributed by atoms with Crippen LogP contribution in [0, 0.1) is 5.82 Å². The normalized spacial score (nSPS) is 13.0. The van der Waals surface area contributed by atoms with Crippen molar-refractivity contribution in [3.8, 4) is 0 Å². The van der Waals surface area contributed by atoms with Gasteiger partial charge in [0, 0.05) is 10.6 Å². The van der Waals surface area contributed by atoms with Crippen LogP contribution in [0.4, 0.5) is 4.39 Å². The minimum atomic E-state index is -0.255. The summed E-state index contributed by atoms with van der Waals surface area (Å²) in [5.74, 6) is -0.255. The summed E-state index contributed by atoms with van der Waals surface area (Å²) in [5.41, 5.74) is 4.67. The lowest BCUT2D eigenvalue weighted by molar-refractivity contribution is 0.624. The third-order valence-electron chi connectivity index (χ3n) is 3.82. The fraction of sp³-hybridized carbons (Fsp3) is 0.158. The van der Waals surface area contributed by atoms with Crippen LogP contribution >= 0.6 is 23.1 Å². The van der Waals surface area contributed by atoms with Crippen LogP contribution in [0.25, 0.3) is 21.4 Å². The molecule has 0 aliphatic rings. The number of hydrogen-bond acceptors (Lipinski definition) is 1. The van der Waals surface area contributed by atoms with Crippen molar-refractivity contribution in [2.45, 2.75) is 20.3 Å². The van der Waals surface area contributed by atoms with Crippen molar-refractivity contribution in [1.82, 2.24) is 4.37 Å². The number of fused-ring (bicyclic) bond motifs is 1.